The van der Waals surface area contributed by atoms with E-state index in [1.165, 1.54) is 19.3 Å². The van der Waals surface area contributed by atoms with Crippen molar-refractivity contribution in [1.29, 1.82) is 0 Å². The SMILES string of the molecule is Fc1c(-c2cncc(CN3CCCCC3)c2)ncc2[nH]nc(-c3nc4c(-c5cccnc5)cccc4[nH]3)c12. The lowest BCUT2D eigenvalue weighted by Gasteiger charge is -2.26. The Labute approximate surface area is 218 Å². The van der Waals surface area contributed by atoms with Crippen molar-refractivity contribution < 1.29 is 4.39 Å². The summed E-state index contributed by atoms with van der Waals surface area (Å²) >= 11 is 0. The highest BCUT2D eigenvalue weighted by Crippen LogP contribution is 2.34. The van der Waals surface area contributed by atoms with Crippen molar-refractivity contribution in [3.05, 3.63) is 78.8 Å². The molecule has 1 aromatic carbocycles. The normalized spacial score (nSPS) is 14.4. The number of rotatable bonds is 5. The standard InChI is InChI=1S/C29H25FN8/c30-25-24-23(16-33-26(25)20-12-18(13-32-15-20)17-38-10-2-1-3-11-38)36-37-28(24)29-34-22-8-4-7-21(27(22)35-29)19-6-5-9-31-14-19/h4-9,12-16H,1-3,10-11,17H2,(H,34,35)(H,36,37). The number of piperidine rings is 1. The van der Waals surface area contributed by atoms with Gasteiger partial charge in [0.05, 0.1) is 28.1 Å². The molecule has 0 unspecified atom stereocenters. The minimum Gasteiger partial charge on any atom is -0.337 e. The van der Waals surface area contributed by atoms with E-state index in [0.717, 1.165) is 47.4 Å². The van der Waals surface area contributed by atoms with Gasteiger partial charge in [-0.25, -0.2) is 9.37 Å². The van der Waals surface area contributed by atoms with E-state index in [2.05, 4.69) is 35.0 Å². The number of aromatic nitrogens is 7. The number of likely N-dealkylation sites (tertiary alicyclic amines) is 1. The van der Waals surface area contributed by atoms with Crippen LogP contribution in [0.2, 0.25) is 0 Å². The third kappa shape index (κ3) is 4.01. The fourth-order valence-electron chi connectivity index (χ4n) is 5.33. The largest absolute Gasteiger partial charge is 0.337 e. The zero-order valence-electron chi connectivity index (χ0n) is 20.7. The van der Waals surface area contributed by atoms with Crippen LogP contribution in [0.3, 0.4) is 0 Å². The maximum atomic E-state index is 16.1. The van der Waals surface area contributed by atoms with Gasteiger partial charge in [0.1, 0.15) is 11.4 Å². The fraction of sp³-hybridized carbons (Fsp3) is 0.207. The summed E-state index contributed by atoms with van der Waals surface area (Å²) in [6.45, 7) is 2.97. The van der Waals surface area contributed by atoms with Crippen LogP contribution >= 0.6 is 0 Å². The molecule has 0 atom stereocenters. The molecule has 6 aromatic rings. The topological polar surface area (TPSA) is 99.3 Å². The summed E-state index contributed by atoms with van der Waals surface area (Å²) in [4.78, 5) is 23.6. The molecule has 2 N–H and O–H groups in total. The molecule has 6 heterocycles. The molecular formula is C29H25FN8. The Balaban J connectivity index is 1.29. The summed E-state index contributed by atoms with van der Waals surface area (Å²) in [5, 5.41) is 7.68. The molecule has 8 nitrogen and oxygen atoms in total. The van der Waals surface area contributed by atoms with E-state index in [9.17, 15) is 0 Å². The molecule has 1 aliphatic heterocycles. The van der Waals surface area contributed by atoms with Gasteiger partial charge in [0.2, 0.25) is 0 Å². The van der Waals surface area contributed by atoms with Crippen molar-refractivity contribution in [3.63, 3.8) is 0 Å². The van der Waals surface area contributed by atoms with Gasteiger partial charge in [-0.1, -0.05) is 24.6 Å². The summed E-state index contributed by atoms with van der Waals surface area (Å²) < 4.78 is 16.1. The first kappa shape index (κ1) is 22.7. The number of benzene rings is 1. The number of imidazole rings is 1. The first-order chi connectivity index (χ1) is 18.7. The first-order valence-corrected chi connectivity index (χ1v) is 12.8. The average Bonchev–Trinajstić information content (AvgIpc) is 3.59. The van der Waals surface area contributed by atoms with Gasteiger partial charge in [-0.05, 0) is 49.7 Å². The van der Waals surface area contributed by atoms with Gasteiger partial charge in [-0.15, -0.1) is 0 Å². The first-order valence-electron chi connectivity index (χ1n) is 12.8. The van der Waals surface area contributed by atoms with Gasteiger partial charge in [-0.2, -0.15) is 5.10 Å². The summed E-state index contributed by atoms with van der Waals surface area (Å²) in [5.74, 6) is 0.0340. The second-order valence-electron chi connectivity index (χ2n) is 9.73. The molecule has 7 rings (SSSR count). The van der Waals surface area contributed by atoms with Crippen LogP contribution in [-0.2, 0) is 6.54 Å². The maximum absolute atomic E-state index is 16.1. The van der Waals surface area contributed by atoms with Gasteiger partial charge >= 0.3 is 0 Å². The van der Waals surface area contributed by atoms with E-state index in [1.54, 1.807) is 24.8 Å². The van der Waals surface area contributed by atoms with Gasteiger partial charge < -0.3 is 4.98 Å². The van der Waals surface area contributed by atoms with E-state index < -0.39 is 5.82 Å². The number of pyridine rings is 3. The Bertz CT molecular complexity index is 1750. The number of nitrogens with one attached hydrogen (secondary N) is 2. The molecule has 0 amide bonds. The van der Waals surface area contributed by atoms with E-state index in [0.29, 0.717) is 28.0 Å². The van der Waals surface area contributed by atoms with Crippen LogP contribution in [0.15, 0.2) is 67.4 Å². The third-order valence-corrected chi connectivity index (χ3v) is 7.18. The minimum atomic E-state index is -0.448. The highest BCUT2D eigenvalue weighted by Gasteiger charge is 2.21. The lowest BCUT2D eigenvalue weighted by Crippen LogP contribution is -2.29. The Morgan fingerprint density at radius 3 is 2.63 bits per heavy atom. The molecule has 9 heteroatoms. The van der Waals surface area contributed by atoms with Crippen LogP contribution < -0.4 is 0 Å². The monoisotopic (exact) mass is 504 g/mol. The summed E-state index contributed by atoms with van der Waals surface area (Å²) in [6, 6.07) is 11.8. The smallest absolute Gasteiger partial charge is 0.161 e. The molecule has 1 fully saturated rings. The van der Waals surface area contributed by atoms with Crippen molar-refractivity contribution in [2.75, 3.05) is 13.1 Å². The van der Waals surface area contributed by atoms with Crippen LogP contribution in [0, 0.1) is 5.82 Å². The molecule has 0 radical (unpaired) electrons. The molecule has 1 saturated heterocycles. The van der Waals surface area contributed by atoms with E-state index >= 15 is 4.39 Å². The van der Waals surface area contributed by atoms with Crippen LogP contribution in [0.5, 0.6) is 0 Å². The van der Waals surface area contributed by atoms with Crippen LogP contribution in [0.4, 0.5) is 4.39 Å². The van der Waals surface area contributed by atoms with Gasteiger partial charge in [-0.3, -0.25) is 25.0 Å². The molecule has 0 spiro atoms. The zero-order chi connectivity index (χ0) is 25.5. The van der Waals surface area contributed by atoms with Crippen LogP contribution in [0.1, 0.15) is 24.8 Å². The van der Waals surface area contributed by atoms with Crippen molar-refractivity contribution >= 4 is 21.9 Å². The van der Waals surface area contributed by atoms with Crippen LogP contribution in [-0.4, -0.2) is 53.1 Å². The maximum Gasteiger partial charge on any atom is 0.161 e. The summed E-state index contributed by atoms with van der Waals surface area (Å²) in [7, 11) is 0. The van der Waals surface area contributed by atoms with Gasteiger partial charge in [0.25, 0.3) is 0 Å². The molecule has 0 saturated carbocycles. The van der Waals surface area contributed by atoms with Crippen molar-refractivity contribution in [3.8, 4) is 33.9 Å². The summed E-state index contributed by atoms with van der Waals surface area (Å²) in [5.41, 5.74) is 6.37. The van der Waals surface area contributed by atoms with Crippen molar-refractivity contribution in [2.24, 2.45) is 0 Å². The van der Waals surface area contributed by atoms with Gasteiger partial charge in [0, 0.05) is 48.0 Å². The Hall–Kier alpha value is -4.50. The molecular weight excluding hydrogens is 479 g/mol. The lowest BCUT2D eigenvalue weighted by atomic mass is 10.1. The number of H-pyrrole nitrogens is 2. The zero-order valence-corrected chi connectivity index (χ0v) is 20.7. The van der Waals surface area contributed by atoms with Gasteiger partial charge in [0.15, 0.2) is 11.6 Å². The Morgan fingerprint density at radius 2 is 1.76 bits per heavy atom. The second kappa shape index (κ2) is 9.42. The Morgan fingerprint density at radius 1 is 0.868 bits per heavy atom. The predicted molar refractivity (Wildman–Crippen MR) is 145 cm³/mol. The minimum absolute atomic E-state index is 0.250. The molecule has 1 aliphatic rings. The third-order valence-electron chi connectivity index (χ3n) is 7.18. The quantitative estimate of drug-likeness (QED) is 0.310. The molecule has 5 aromatic heterocycles. The average molecular weight is 505 g/mol. The number of hydrogen-bond donors (Lipinski definition) is 2. The molecule has 0 bridgehead atoms. The van der Waals surface area contributed by atoms with Crippen LogP contribution in [0.25, 0.3) is 55.8 Å². The highest BCUT2D eigenvalue weighted by atomic mass is 19.1. The van der Waals surface area contributed by atoms with E-state index in [1.807, 2.05) is 42.6 Å². The molecule has 38 heavy (non-hydrogen) atoms. The molecule has 0 aliphatic carbocycles. The fourth-order valence-corrected chi connectivity index (χ4v) is 5.33. The number of hydrogen-bond acceptors (Lipinski definition) is 6. The highest BCUT2D eigenvalue weighted by molar-refractivity contribution is 5.98. The number of fused-ring (bicyclic) bond motifs is 2. The lowest BCUT2D eigenvalue weighted by molar-refractivity contribution is 0.220. The number of halogens is 1. The second-order valence-corrected chi connectivity index (χ2v) is 9.73. The molecule has 188 valence electrons. The number of nitrogens with zero attached hydrogens (tertiary/aromatic N) is 6. The van der Waals surface area contributed by atoms with Crippen molar-refractivity contribution in [1.82, 2.24) is 40.0 Å². The van der Waals surface area contributed by atoms with E-state index in [4.69, 9.17) is 4.98 Å². The number of aromatic amines is 2. The number of para-hydroxylation sites is 1. The van der Waals surface area contributed by atoms with Crippen molar-refractivity contribution in [2.45, 2.75) is 25.8 Å². The predicted octanol–water partition coefficient (Wildman–Crippen LogP) is 5.75. The summed E-state index contributed by atoms with van der Waals surface area (Å²) in [6.07, 6.45) is 12.4. The van der Waals surface area contributed by atoms with E-state index in [-0.39, 0.29) is 5.69 Å². The Kier molecular flexibility index (Phi) is 5.62.